The van der Waals surface area contributed by atoms with E-state index in [4.69, 9.17) is 12.2 Å². The van der Waals surface area contributed by atoms with Crippen LogP contribution < -0.4 is 16.2 Å². The third-order valence-corrected chi connectivity index (χ3v) is 3.89. The fourth-order valence-electron chi connectivity index (χ4n) is 2.39. The molecule has 0 atom stereocenters. The number of hydrazine groups is 1. The molecule has 3 N–H and O–H groups in total. The van der Waals surface area contributed by atoms with Crippen molar-refractivity contribution >= 4 is 34.1 Å². The van der Waals surface area contributed by atoms with Crippen molar-refractivity contribution in [2.24, 2.45) is 5.92 Å². The van der Waals surface area contributed by atoms with Crippen LogP contribution in [0.1, 0.15) is 26.0 Å². The largest absolute Gasteiger partial charge is 0.361 e. The van der Waals surface area contributed by atoms with Crippen LogP contribution in [0.15, 0.2) is 30.3 Å². The molecule has 0 saturated heterocycles. The quantitative estimate of drug-likeness (QED) is 0.582. The Morgan fingerprint density at radius 1 is 1.26 bits per heavy atom. The Labute approximate surface area is 142 Å². The SMILES string of the molecule is Cc1cc2ccccc2n1CC(=O)NNC(=S)NCCC(C)C. The van der Waals surface area contributed by atoms with Crippen molar-refractivity contribution in [1.29, 1.82) is 0 Å². The first kappa shape index (κ1) is 17.3. The number of benzene rings is 1. The Bertz CT molecular complexity index is 693. The molecule has 0 aliphatic carbocycles. The van der Waals surface area contributed by atoms with Gasteiger partial charge in [-0.05, 0) is 49.0 Å². The van der Waals surface area contributed by atoms with E-state index in [1.165, 1.54) is 0 Å². The van der Waals surface area contributed by atoms with Crippen molar-refractivity contribution < 1.29 is 4.79 Å². The van der Waals surface area contributed by atoms with E-state index >= 15 is 0 Å². The Hall–Kier alpha value is -2.08. The molecule has 1 aromatic heterocycles. The van der Waals surface area contributed by atoms with Crippen LogP contribution in [0.3, 0.4) is 0 Å². The van der Waals surface area contributed by atoms with E-state index in [0.717, 1.165) is 29.6 Å². The molecular formula is C17H24N4OS. The van der Waals surface area contributed by atoms with Gasteiger partial charge in [-0.1, -0.05) is 32.0 Å². The molecule has 5 nitrogen and oxygen atoms in total. The van der Waals surface area contributed by atoms with Gasteiger partial charge in [0.15, 0.2) is 5.11 Å². The summed E-state index contributed by atoms with van der Waals surface area (Å²) in [7, 11) is 0. The molecule has 2 rings (SSSR count). The number of rotatable bonds is 5. The van der Waals surface area contributed by atoms with E-state index in [-0.39, 0.29) is 12.5 Å². The summed E-state index contributed by atoms with van der Waals surface area (Å²) in [5, 5.41) is 4.64. The molecule has 0 radical (unpaired) electrons. The molecule has 23 heavy (non-hydrogen) atoms. The van der Waals surface area contributed by atoms with Crippen LogP contribution in [-0.2, 0) is 11.3 Å². The molecular weight excluding hydrogens is 308 g/mol. The first-order chi connectivity index (χ1) is 11.0. The summed E-state index contributed by atoms with van der Waals surface area (Å²) in [4.78, 5) is 12.1. The minimum absolute atomic E-state index is 0.137. The fraction of sp³-hybridized carbons (Fsp3) is 0.412. The van der Waals surface area contributed by atoms with Gasteiger partial charge in [0.1, 0.15) is 6.54 Å². The highest BCUT2D eigenvalue weighted by atomic mass is 32.1. The number of nitrogens with one attached hydrogen (secondary N) is 3. The van der Waals surface area contributed by atoms with Gasteiger partial charge >= 0.3 is 0 Å². The van der Waals surface area contributed by atoms with Crippen molar-refractivity contribution in [2.75, 3.05) is 6.54 Å². The molecule has 2 aromatic rings. The lowest BCUT2D eigenvalue weighted by molar-refractivity contribution is -0.122. The Morgan fingerprint density at radius 2 is 2.00 bits per heavy atom. The summed E-state index contributed by atoms with van der Waals surface area (Å²) >= 11 is 5.13. The van der Waals surface area contributed by atoms with E-state index in [2.05, 4.69) is 36.1 Å². The second kappa shape index (κ2) is 7.97. The number of carbonyl (C=O) groups is 1. The predicted octanol–water partition coefficient (Wildman–Crippen LogP) is 2.49. The molecule has 0 fully saturated rings. The van der Waals surface area contributed by atoms with Crippen LogP contribution in [0.4, 0.5) is 0 Å². The van der Waals surface area contributed by atoms with Crippen LogP contribution in [0.25, 0.3) is 10.9 Å². The van der Waals surface area contributed by atoms with Crippen molar-refractivity contribution in [1.82, 2.24) is 20.7 Å². The number of fused-ring (bicyclic) bond motifs is 1. The van der Waals surface area contributed by atoms with Gasteiger partial charge in [0.25, 0.3) is 5.91 Å². The number of amides is 1. The van der Waals surface area contributed by atoms with Gasteiger partial charge in [-0.3, -0.25) is 15.6 Å². The lowest BCUT2D eigenvalue weighted by atomic mass is 10.1. The highest BCUT2D eigenvalue weighted by Gasteiger charge is 2.09. The zero-order valence-electron chi connectivity index (χ0n) is 13.8. The van der Waals surface area contributed by atoms with E-state index < -0.39 is 0 Å². The number of para-hydroxylation sites is 1. The van der Waals surface area contributed by atoms with E-state index in [1.54, 1.807) is 0 Å². The zero-order chi connectivity index (χ0) is 16.8. The number of hydrogen-bond acceptors (Lipinski definition) is 2. The molecule has 0 unspecified atom stereocenters. The fourth-order valence-corrected chi connectivity index (χ4v) is 2.54. The van der Waals surface area contributed by atoms with Gasteiger partial charge in [0, 0.05) is 17.8 Å². The standard InChI is InChI=1S/C17H24N4OS/c1-12(2)8-9-18-17(23)20-19-16(22)11-21-13(3)10-14-6-4-5-7-15(14)21/h4-7,10,12H,8-9,11H2,1-3H3,(H,19,22)(H2,18,20,23). The summed E-state index contributed by atoms with van der Waals surface area (Å²) in [6, 6.07) is 10.1. The monoisotopic (exact) mass is 332 g/mol. The van der Waals surface area contributed by atoms with Crippen LogP contribution in [-0.4, -0.2) is 22.1 Å². The smallest absolute Gasteiger partial charge is 0.258 e. The molecule has 1 aromatic carbocycles. The van der Waals surface area contributed by atoms with E-state index in [1.807, 2.05) is 35.8 Å². The molecule has 1 heterocycles. The highest BCUT2D eigenvalue weighted by Crippen LogP contribution is 2.18. The first-order valence-electron chi connectivity index (χ1n) is 7.85. The summed E-state index contributed by atoms with van der Waals surface area (Å²) in [5.41, 5.74) is 7.49. The minimum atomic E-state index is -0.137. The van der Waals surface area contributed by atoms with Crippen molar-refractivity contribution in [3.8, 4) is 0 Å². The van der Waals surface area contributed by atoms with Gasteiger partial charge < -0.3 is 9.88 Å². The predicted molar refractivity (Wildman–Crippen MR) is 98.0 cm³/mol. The van der Waals surface area contributed by atoms with Crippen LogP contribution in [0.2, 0.25) is 0 Å². The average Bonchev–Trinajstić information content (AvgIpc) is 2.81. The first-order valence-corrected chi connectivity index (χ1v) is 8.25. The van der Waals surface area contributed by atoms with Crippen molar-refractivity contribution in [3.05, 3.63) is 36.0 Å². The molecule has 124 valence electrons. The summed E-state index contributed by atoms with van der Waals surface area (Å²) < 4.78 is 1.99. The highest BCUT2D eigenvalue weighted by molar-refractivity contribution is 7.80. The Morgan fingerprint density at radius 3 is 2.74 bits per heavy atom. The van der Waals surface area contributed by atoms with E-state index in [0.29, 0.717) is 11.0 Å². The minimum Gasteiger partial charge on any atom is -0.361 e. The summed E-state index contributed by atoms with van der Waals surface area (Å²) in [5.74, 6) is 0.479. The number of aryl methyl sites for hydroxylation is 1. The molecule has 0 aliphatic rings. The lowest BCUT2D eigenvalue weighted by Gasteiger charge is -2.13. The van der Waals surface area contributed by atoms with Gasteiger partial charge in [-0.2, -0.15) is 0 Å². The van der Waals surface area contributed by atoms with Crippen molar-refractivity contribution in [2.45, 2.75) is 33.7 Å². The maximum atomic E-state index is 12.1. The molecule has 0 spiro atoms. The lowest BCUT2D eigenvalue weighted by Crippen LogP contribution is -2.48. The molecule has 0 aliphatic heterocycles. The zero-order valence-corrected chi connectivity index (χ0v) is 14.7. The molecule has 6 heteroatoms. The number of hydrogen-bond donors (Lipinski definition) is 3. The average molecular weight is 332 g/mol. The summed E-state index contributed by atoms with van der Waals surface area (Å²) in [6.45, 7) is 7.35. The molecule has 0 bridgehead atoms. The van der Waals surface area contributed by atoms with Gasteiger partial charge in [0.05, 0.1) is 0 Å². The van der Waals surface area contributed by atoms with E-state index in [9.17, 15) is 4.79 Å². The van der Waals surface area contributed by atoms with Crippen LogP contribution in [0.5, 0.6) is 0 Å². The third-order valence-electron chi connectivity index (χ3n) is 3.64. The maximum absolute atomic E-state index is 12.1. The normalized spacial score (nSPS) is 10.8. The second-order valence-electron chi connectivity index (χ2n) is 6.04. The summed E-state index contributed by atoms with van der Waals surface area (Å²) in [6.07, 6.45) is 1.03. The van der Waals surface area contributed by atoms with Crippen LogP contribution in [0, 0.1) is 12.8 Å². The topological polar surface area (TPSA) is 58.1 Å². The molecule has 1 amide bonds. The second-order valence-corrected chi connectivity index (χ2v) is 6.45. The number of thiocarbonyl (C=S) groups is 1. The Balaban J connectivity index is 1.85. The van der Waals surface area contributed by atoms with Crippen molar-refractivity contribution in [3.63, 3.8) is 0 Å². The maximum Gasteiger partial charge on any atom is 0.258 e. The van der Waals surface area contributed by atoms with Gasteiger partial charge in [-0.25, -0.2) is 0 Å². The number of aromatic nitrogens is 1. The van der Waals surface area contributed by atoms with Gasteiger partial charge in [-0.15, -0.1) is 0 Å². The number of nitrogens with zero attached hydrogens (tertiary/aromatic N) is 1. The third kappa shape index (κ3) is 4.96. The van der Waals surface area contributed by atoms with Crippen LogP contribution >= 0.6 is 12.2 Å². The Kier molecular flexibility index (Phi) is 5.98. The molecule has 0 saturated carbocycles. The van der Waals surface area contributed by atoms with Gasteiger partial charge in [0.2, 0.25) is 0 Å². The number of carbonyl (C=O) groups excluding carboxylic acids is 1.